The summed E-state index contributed by atoms with van der Waals surface area (Å²) in [5.41, 5.74) is 9.95. The minimum absolute atomic E-state index is 0.000532. The molecule has 0 aromatic heterocycles. The van der Waals surface area contributed by atoms with Crippen molar-refractivity contribution >= 4 is 33.3 Å². The van der Waals surface area contributed by atoms with Crippen LogP contribution in [0.3, 0.4) is 0 Å². The lowest BCUT2D eigenvalue weighted by atomic mass is 9.70. The van der Waals surface area contributed by atoms with E-state index in [9.17, 15) is 0 Å². The summed E-state index contributed by atoms with van der Waals surface area (Å²) >= 11 is 0. The van der Waals surface area contributed by atoms with Crippen molar-refractivity contribution in [2.24, 2.45) is 10.8 Å². The van der Waals surface area contributed by atoms with Crippen molar-refractivity contribution in [3.05, 3.63) is 117 Å². The van der Waals surface area contributed by atoms with E-state index in [-0.39, 0.29) is 35.2 Å². The van der Waals surface area contributed by atoms with Crippen LogP contribution >= 0.6 is 0 Å². The molecule has 2 rings (SSSR count). The Kier molecular flexibility index (Phi) is 19.6. The van der Waals surface area contributed by atoms with Crippen LogP contribution in [0.15, 0.2) is 117 Å². The maximum absolute atomic E-state index is 6.79. The molecule has 0 amide bonds. The van der Waals surface area contributed by atoms with E-state index < -0.39 is 33.3 Å². The van der Waals surface area contributed by atoms with Crippen LogP contribution in [0.25, 0.3) is 0 Å². The molecule has 2 aliphatic carbocycles. The molecule has 0 saturated heterocycles. The fourth-order valence-electron chi connectivity index (χ4n) is 7.94. The Morgan fingerprint density at radius 2 is 0.783 bits per heavy atom. The molecule has 0 spiro atoms. The van der Waals surface area contributed by atoms with E-state index >= 15 is 0 Å². The lowest BCUT2D eigenvalue weighted by Crippen LogP contribution is -2.50. The van der Waals surface area contributed by atoms with E-state index in [1.54, 1.807) is 0 Å². The highest BCUT2D eigenvalue weighted by molar-refractivity contribution is 6.71. The summed E-state index contributed by atoms with van der Waals surface area (Å²) in [5.74, 6) is 6.39. The van der Waals surface area contributed by atoms with Gasteiger partial charge < -0.3 is 17.7 Å². The predicted molar refractivity (Wildman–Crippen MR) is 274 cm³/mol. The summed E-state index contributed by atoms with van der Waals surface area (Å²) < 4.78 is 27.1. The molecule has 0 heterocycles. The highest BCUT2D eigenvalue weighted by Crippen LogP contribution is 2.46. The van der Waals surface area contributed by atoms with Crippen LogP contribution in [0.4, 0.5) is 0 Å². The van der Waals surface area contributed by atoms with Crippen LogP contribution in [-0.4, -0.2) is 57.7 Å². The summed E-state index contributed by atoms with van der Waals surface area (Å²) in [6.07, 6.45) is 27.9. The van der Waals surface area contributed by atoms with Crippen molar-refractivity contribution in [1.29, 1.82) is 0 Å². The van der Waals surface area contributed by atoms with E-state index in [0.29, 0.717) is 0 Å². The lowest BCUT2D eigenvalue weighted by molar-refractivity contribution is 0.0284. The second-order valence-electron chi connectivity index (χ2n) is 22.5. The van der Waals surface area contributed by atoms with Gasteiger partial charge in [-0.1, -0.05) is 111 Å². The number of hydrogen-bond donors (Lipinski definition) is 0. The zero-order valence-electron chi connectivity index (χ0n) is 42.3. The van der Waals surface area contributed by atoms with Gasteiger partial charge >= 0.3 is 0 Å². The molecule has 0 N–H and O–H groups in total. The highest BCUT2D eigenvalue weighted by Gasteiger charge is 2.44. The van der Waals surface area contributed by atoms with Gasteiger partial charge in [0.15, 0.2) is 33.3 Å². The summed E-state index contributed by atoms with van der Waals surface area (Å²) in [4.78, 5) is 0. The Morgan fingerprint density at radius 1 is 0.483 bits per heavy atom. The molecule has 4 nitrogen and oxygen atoms in total. The van der Waals surface area contributed by atoms with Gasteiger partial charge in [0.2, 0.25) is 0 Å². The highest BCUT2D eigenvalue weighted by atomic mass is 28.4. The zero-order valence-corrected chi connectivity index (χ0v) is 46.3. The Bertz CT molecular complexity index is 1740. The third kappa shape index (κ3) is 19.4. The fourth-order valence-corrected chi connectivity index (χ4v) is 12.4. The number of rotatable bonds is 16. The van der Waals surface area contributed by atoms with Crippen LogP contribution in [0.2, 0.25) is 78.6 Å². The molecule has 334 valence electrons. The topological polar surface area (TPSA) is 36.9 Å². The van der Waals surface area contributed by atoms with Gasteiger partial charge in [0.1, 0.15) is 0 Å². The quantitative estimate of drug-likeness (QED) is 0.0879. The van der Waals surface area contributed by atoms with Gasteiger partial charge in [-0.2, -0.15) is 0 Å². The standard InChI is InChI=1S/C52H86O4Si4/c1-39(29-25-31-41(3)33-35-45-43(5)49(55-59(17,18)19)47(37-51(45,7)8)53-57(11,12)13)27-23-24-28-40(2)30-26-32-42(4)34-36-46-44(6)50(56-60(20,21)22)48(38-52(46,9)10)54-58(14,15)16/h25-36,47-50H,37-38H2,1-22H3/b29-25+,30-26+,35-33+,36-34+,39-27+,40-28+,41-31+,42-32+/t47-,48-,49-,50-/m0/s1. The number of allylic oxidation sites excluding steroid dienone is 18. The van der Waals surface area contributed by atoms with Crippen LogP contribution < -0.4 is 0 Å². The molecule has 4 atom stereocenters. The maximum Gasteiger partial charge on any atom is 0.184 e. The molecule has 60 heavy (non-hydrogen) atoms. The van der Waals surface area contributed by atoms with Gasteiger partial charge in [0.25, 0.3) is 0 Å². The van der Waals surface area contributed by atoms with Crippen molar-refractivity contribution in [1.82, 2.24) is 0 Å². The van der Waals surface area contributed by atoms with Gasteiger partial charge in [-0.15, -0.1) is 0 Å². The minimum atomic E-state index is -1.78. The fraction of sp³-hybridized carbons (Fsp3) is 0.577. The first-order valence-electron chi connectivity index (χ1n) is 22.2. The summed E-state index contributed by atoms with van der Waals surface area (Å²) in [7, 11) is -7.02. The Labute approximate surface area is 374 Å². The molecule has 0 radical (unpaired) electrons. The average molecular weight is 888 g/mol. The van der Waals surface area contributed by atoms with Crippen molar-refractivity contribution in [3.63, 3.8) is 0 Å². The molecular weight excluding hydrogens is 801 g/mol. The smallest absolute Gasteiger partial charge is 0.184 e. The first-order valence-corrected chi connectivity index (χ1v) is 35.9. The maximum atomic E-state index is 6.79. The van der Waals surface area contributed by atoms with Gasteiger partial charge in [-0.3, -0.25) is 0 Å². The first-order chi connectivity index (χ1) is 27.2. The normalized spacial score (nSPS) is 24.4. The van der Waals surface area contributed by atoms with Crippen molar-refractivity contribution in [2.45, 2.75) is 185 Å². The lowest BCUT2D eigenvalue weighted by Gasteiger charge is -2.46. The second-order valence-corrected chi connectivity index (χ2v) is 40.3. The monoisotopic (exact) mass is 887 g/mol. The molecule has 0 aliphatic heterocycles. The third-order valence-electron chi connectivity index (χ3n) is 10.4. The molecule has 0 fully saturated rings. The van der Waals surface area contributed by atoms with Crippen LogP contribution in [0.1, 0.15) is 82.1 Å². The molecule has 0 bridgehead atoms. The Balaban J connectivity index is 2.13. The van der Waals surface area contributed by atoms with Crippen LogP contribution in [0.5, 0.6) is 0 Å². The van der Waals surface area contributed by atoms with Gasteiger partial charge in [0, 0.05) is 0 Å². The van der Waals surface area contributed by atoms with E-state index in [1.807, 2.05) is 12.2 Å². The van der Waals surface area contributed by atoms with Gasteiger partial charge in [-0.05, 0) is 189 Å². The van der Waals surface area contributed by atoms with Gasteiger partial charge in [0.05, 0.1) is 24.4 Å². The Morgan fingerprint density at radius 3 is 1.07 bits per heavy atom. The molecule has 0 aromatic rings. The molecule has 0 unspecified atom stereocenters. The van der Waals surface area contributed by atoms with Crippen molar-refractivity contribution in [3.8, 4) is 11.8 Å². The molecule has 8 heteroatoms. The summed E-state index contributed by atoms with van der Waals surface area (Å²) in [6.45, 7) is 49.7. The van der Waals surface area contributed by atoms with E-state index in [0.717, 1.165) is 24.0 Å². The van der Waals surface area contributed by atoms with Crippen molar-refractivity contribution in [2.75, 3.05) is 0 Å². The van der Waals surface area contributed by atoms with Crippen molar-refractivity contribution < 1.29 is 17.7 Å². The largest absolute Gasteiger partial charge is 0.412 e. The Hall–Kier alpha value is -2.33. The predicted octanol–water partition coefficient (Wildman–Crippen LogP) is 15.4. The summed E-state index contributed by atoms with van der Waals surface area (Å²) in [5, 5.41) is 0. The second kappa shape index (κ2) is 21.8. The molecule has 0 saturated carbocycles. The summed E-state index contributed by atoms with van der Waals surface area (Å²) in [6, 6.07) is 0. The molecular formula is C52H86O4Si4. The number of hydrogen-bond acceptors (Lipinski definition) is 4. The zero-order chi connectivity index (χ0) is 46.1. The SMILES string of the molecule is CC1=C(/C=C/C(C)=C/C=C/C(C)=C/C#C/C=C(C)/C=C/C=C(C)/C=C/C2=C(C)[C@H](O[Si](C)(C)C)[C@@H](O[Si](C)(C)C)CC2(C)C)C(C)(C)C[C@H](O[Si](C)(C)C)[C@H]1O[Si](C)(C)C. The minimum Gasteiger partial charge on any atom is -0.412 e. The third-order valence-corrected chi connectivity index (χ3v) is 14.3. The first kappa shape index (κ1) is 53.8. The molecule has 0 aromatic carbocycles. The average Bonchev–Trinajstić information content (AvgIpc) is 3.03. The van der Waals surface area contributed by atoms with Crippen LogP contribution in [0, 0.1) is 22.7 Å². The van der Waals surface area contributed by atoms with E-state index in [1.165, 1.54) is 33.4 Å². The van der Waals surface area contributed by atoms with Gasteiger partial charge in [-0.25, -0.2) is 0 Å². The van der Waals surface area contributed by atoms with E-state index in [4.69, 9.17) is 17.7 Å². The van der Waals surface area contributed by atoms with E-state index in [2.05, 4.69) is 220 Å². The van der Waals surface area contributed by atoms with Crippen LogP contribution in [-0.2, 0) is 17.7 Å². The molecule has 2 aliphatic rings.